The predicted octanol–water partition coefficient (Wildman–Crippen LogP) is 7.10. The predicted molar refractivity (Wildman–Crippen MR) is 140 cm³/mol. The number of rotatable bonds is 5. The smallest absolute Gasteiger partial charge is 0.329 e. The van der Waals surface area contributed by atoms with Gasteiger partial charge >= 0.3 is 5.97 Å². The summed E-state index contributed by atoms with van der Waals surface area (Å²) in [5.41, 5.74) is 4.07. The van der Waals surface area contributed by atoms with Gasteiger partial charge in [-0.1, -0.05) is 54.9 Å². The van der Waals surface area contributed by atoms with E-state index in [2.05, 4.69) is 10.3 Å². The second kappa shape index (κ2) is 10.5. The molecule has 5 rings (SSSR count). The Kier molecular flexibility index (Phi) is 6.95. The van der Waals surface area contributed by atoms with Crippen LogP contribution in [-0.2, 0) is 9.63 Å². The largest absolute Gasteiger partial charge is 0.338 e. The number of hydroxylamine groups is 2. The lowest BCUT2D eigenvalue weighted by molar-refractivity contribution is -0.185. The lowest BCUT2D eigenvalue weighted by Crippen LogP contribution is -2.42. The Labute approximate surface area is 212 Å². The zero-order valence-corrected chi connectivity index (χ0v) is 20.7. The van der Waals surface area contributed by atoms with Crippen molar-refractivity contribution >= 4 is 44.2 Å². The molecular weight excluding hydrogens is 477 g/mol. The molecule has 1 heterocycles. The molecular formula is C28H26FN3O3S. The number of aromatic nitrogens is 1. The number of anilines is 2. The number of carbonyl (C=O) groups is 2. The van der Waals surface area contributed by atoms with Gasteiger partial charge in [0.15, 0.2) is 5.13 Å². The minimum absolute atomic E-state index is 0.0793. The summed E-state index contributed by atoms with van der Waals surface area (Å²) in [5, 5.41) is 5.24. The highest BCUT2D eigenvalue weighted by Crippen LogP contribution is 2.30. The third-order valence-electron chi connectivity index (χ3n) is 6.29. The third kappa shape index (κ3) is 5.39. The summed E-state index contributed by atoms with van der Waals surface area (Å²) in [4.78, 5) is 34.6. The Morgan fingerprint density at radius 3 is 2.31 bits per heavy atom. The first-order chi connectivity index (χ1) is 17.5. The molecule has 1 amide bonds. The van der Waals surface area contributed by atoms with Crippen molar-refractivity contribution in [2.45, 2.75) is 45.1 Å². The van der Waals surface area contributed by atoms with Crippen molar-refractivity contribution in [1.82, 2.24) is 10.0 Å². The van der Waals surface area contributed by atoms with Crippen molar-refractivity contribution in [3.8, 4) is 11.1 Å². The summed E-state index contributed by atoms with van der Waals surface area (Å²) in [6, 6.07) is 19.7. The van der Waals surface area contributed by atoms with E-state index in [1.54, 1.807) is 18.2 Å². The maximum atomic E-state index is 13.4. The molecule has 0 unspecified atom stereocenters. The van der Waals surface area contributed by atoms with E-state index in [0.29, 0.717) is 10.7 Å². The normalized spacial score (nSPS) is 13.9. The van der Waals surface area contributed by atoms with E-state index in [-0.39, 0.29) is 17.8 Å². The highest BCUT2D eigenvalue weighted by Gasteiger charge is 2.29. The first-order valence-corrected chi connectivity index (χ1v) is 12.8. The van der Waals surface area contributed by atoms with Gasteiger partial charge in [0.1, 0.15) is 5.82 Å². The molecule has 3 aromatic carbocycles. The lowest BCUT2D eigenvalue weighted by Gasteiger charge is -2.32. The molecule has 1 aromatic heterocycles. The molecule has 0 radical (unpaired) electrons. The summed E-state index contributed by atoms with van der Waals surface area (Å²) in [5.74, 6) is -1.06. The van der Waals surface area contributed by atoms with Crippen molar-refractivity contribution in [2.24, 2.45) is 0 Å². The Hall–Kier alpha value is -3.78. The first kappa shape index (κ1) is 23.9. The minimum Gasteiger partial charge on any atom is -0.338 e. The van der Waals surface area contributed by atoms with Crippen molar-refractivity contribution < 1.29 is 18.8 Å². The number of fused-ring (bicyclic) bond motifs is 1. The molecule has 1 saturated carbocycles. The maximum absolute atomic E-state index is 13.4. The molecule has 0 aliphatic heterocycles. The number of benzene rings is 3. The number of hydrogen-bond acceptors (Lipinski definition) is 6. The summed E-state index contributed by atoms with van der Waals surface area (Å²) in [7, 11) is 0. The van der Waals surface area contributed by atoms with Gasteiger partial charge in [-0.05, 0) is 66.4 Å². The van der Waals surface area contributed by atoms with Crippen molar-refractivity contribution in [3.63, 3.8) is 0 Å². The van der Waals surface area contributed by atoms with Crippen LogP contribution in [0.5, 0.6) is 0 Å². The summed E-state index contributed by atoms with van der Waals surface area (Å²) in [6.07, 6.45) is 4.87. The lowest BCUT2D eigenvalue weighted by atomic mass is 9.95. The molecule has 184 valence electrons. The fourth-order valence-corrected chi connectivity index (χ4v) is 5.40. The topological polar surface area (TPSA) is 71.5 Å². The van der Waals surface area contributed by atoms with E-state index in [4.69, 9.17) is 4.84 Å². The zero-order valence-electron chi connectivity index (χ0n) is 19.9. The number of thiazole rings is 1. The molecule has 0 atom stereocenters. The number of hydrogen-bond donors (Lipinski definition) is 1. The van der Waals surface area contributed by atoms with E-state index in [1.165, 1.54) is 35.5 Å². The molecule has 4 aromatic rings. The van der Waals surface area contributed by atoms with Gasteiger partial charge in [-0.3, -0.25) is 9.59 Å². The number of nitrogens with zero attached hydrogens (tertiary/aromatic N) is 2. The quantitative estimate of drug-likeness (QED) is 0.294. The fraction of sp³-hybridized carbons (Fsp3) is 0.250. The molecule has 0 saturated heterocycles. The highest BCUT2D eigenvalue weighted by molar-refractivity contribution is 7.22. The highest BCUT2D eigenvalue weighted by atomic mass is 32.1. The van der Waals surface area contributed by atoms with Gasteiger partial charge in [0, 0.05) is 18.2 Å². The Balaban J connectivity index is 1.28. The van der Waals surface area contributed by atoms with Gasteiger partial charge in [-0.25, -0.2) is 9.37 Å². The molecule has 0 bridgehead atoms. The van der Waals surface area contributed by atoms with Gasteiger partial charge in [-0.15, -0.1) is 0 Å². The zero-order chi connectivity index (χ0) is 25.1. The van der Waals surface area contributed by atoms with Crippen molar-refractivity contribution in [3.05, 3.63) is 78.1 Å². The fourth-order valence-electron chi connectivity index (χ4n) is 4.49. The maximum Gasteiger partial charge on any atom is 0.329 e. The minimum atomic E-state index is -0.489. The van der Waals surface area contributed by atoms with Gasteiger partial charge in [0.05, 0.1) is 16.3 Å². The molecule has 0 spiro atoms. The molecule has 36 heavy (non-hydrogen) atoms. The number of nitrogens with one attached hydrogen (secondary N) is 1. The molecule has 6 nitrogen and oxygen atoms in total. The van der Waals surface area contributed by atoms with Crippen LogP contribution in [0.15, 0.2) is 66.7 Å². The van der Waals surface area contributed by atoms with Crippen LogP contribution in [0.3, 0.4) is 0 Å². The van der Waals surface area contributed by atoms with Crippen LogP contribution in [0, 0.1) is 5.82 Å². The van der Waals surface area contributed by atoms with Gasteiger partial charge in [0.25, 0.3) is 5.91 Å². The molecule has 1 aliphatic rings. The van der Waals surface area contributed by atoms with Gasteiger partial charge < -0.3 is 10.2 Å². The first-order valence-electron chi connectivity index (χ1n) is 12.0. The van der Waals surface area contributed by atoms with Crippen molar-refractivity contribution in [2.75, 3.05) is 5.32 Å². The molecule has 1 aliphatic carbocycles. The van der Waals surface area contributed by atoms with Crippen LogP contribution in [-0.4, -0.2) is 28.0 Å². The van der Waals surface area contributed by atoms with E-state index in [1.807, 2.05) is 36.4 Å². The average molecular weight is 504 g/mol. The summed E-state index contributed by atoms with van der Waals surface area (Å²) < 4.78 is 14.2. The van der Waals surface area contributed by atoms with Crippen LogP contribution in [0.4, 0.5) is 15.2 Å². The third-order valence-corrected chi connectivity index (χ3v) is 7.22. The number of halogens is 1. The Morgan fingerprint density at radius 2 is 1.64 bits per heavy atom. The molecule has 8 heteroatoms. The van der Waals surface area contributed by atoms with E-state index in [9.17, 15) is 14.0 Å². The molecule has 1 N–H and O–H groups in total. The number of amides is 1. The SMILES string of the molecule is CC(=O)ON(C(=O)c1ccc(-c2ccc(Nc3nc4ccc(F)cc4s3)cc2)cc1)C1CCCCC1. The van der Waals surface area contributed by atoms with Crippen LogP contribution in [0.25, 0.3) is 21.3 Å². The van der Waals surface area contributed by atoms with Gasteiger partial charge in [-0.2, -0.15) is 5.06 Å². The average Bonchev–Trinajstić information content (AvgIpc) is 3.29. The monoisotopic (exact) mass is 503 g/mol. The van der Waals surface area contributed by atoms with Crippen LogP contribution in [0.2, 0.25) is 0 Å². The van der Waals surface area contributed by atoms with E-state index in [0.717, 1.165) is 59.1 Å². The molecule has 1 fully saturated rings. The summed E-state index contributed by atoms with van der Waals surface area (Å²) in [6.45, 7) is 1.32. The van der Waals surface area contributed by atoms with Gasteiger partial charge in [0.2, 0.25) is 0 Å². The van der Waals surface area contributed by atoms with Crippen LogP contribution < -0.4 is 5.32 Å². The van der Waals surface area contributed by atoms with Crippen molar-refractivity contribution in [1.29, 1.82) is 0 Å². The number of carbonyl (C=O) groups excluding carboxylic acids is 2. The summed E-state index contributed by atoms with van der Waals surface area (Å²) >= 11 is 1.40. The second-order valence-corrected chi connectivity index (χ2v) is 9.95. The standard InChI is InChI=1S/C28H26FN3O3S/c1-18(33)35-32(24-5-3-2-4-6-24)27(34)21-9-7-19(8-10-21)20-11-14-23(15-12-20)30-28-31-25-16-13-22(29)17-26(25)36-28/h7-17,24H,2-6H2,1H3,(H,30,31). The Bertz CT molecular complexity index is 1380. The van der Waals surface area contributed by atoms with Crippen LogP contribution >= 0.6 is 11.3 Å². The van der Waals surface area contributed by atoms with Crippen LogP contribution in [0.1, 0.15) is 49.4 Å². The van der Waals surface area contributed by atoms with E-state index >= 15 is 0 Å². The Morgan fingerprint density at radius 1 is 0.972 bits per heavy atom. The van der Waals surface area contributed by atoms with E-state index < -0.39 is 5.97 Å². The second-order valence-electron chi connectivity index (χ2n) is 8.92.